The van der Waals surface area contributed by atoms with Gasteiger partial charge in [0.25, 0.3) is 0 Å². The van der Waals surface area contributed by atoms with E-state index in [1.807, 2.05) is 23.6 Å². The van der Waals surface area contributed by atoms with Crippen molar-refractivity contribution in [2.45, 2.75) is 57.8 Å². The van der Waals surface area contributed by atoms with Crippen molar-refractivity contribution in [1.82, 2.24) is 9.47 Å². The van der Waals surface area contributed by atoms with Crippen LogP contribution < -0.4 is 0 Å². The molecule has 0 unspecified atom stereocenters. The van der Waals surface area contributed by atoms with Gasteiger partial charge in [-0.25, -0.2) is 9.36 Å². The Hall–Kier alpha value is -2.63. The van der Waals surface area contributed by atoms with E-state index in [2.05, 4.69) is 54.3 Å². The summed E-state index contributed by atoms with van der Waals surface area (Å²) in [5, 5.41) is 1.16. The lowest BCUT2D eigenvalue weighted by Gasteiger charge is -2.59. The Kier molecular flexibility index (Phi) is 5.50. The van der Waals surface area contributed by atoms with E-state index in [-0.39, 0.29) is 12.1 Å². The summed E-state index contributed by atoms with van der Waals surface area (Å²) in [7, 11) is 0. The zero-order chi connectivity index (χ0) is 23.3. The molecule has 4 heterocycles. The second-order valence-electron chi connectivity index (χ2n) is 10.2. The van der Waals surface area contributed by atoms with E-state index < -0.39 is 5.60 Å². The molecule has 4 bridgehead atoms. The molecule has 34 heavy (non-hydrogen) atoms. The van der Waals surface area contributed by atoms with Gasteiger partial charge < -0.3 is 9.47 Å². The number of rotatable bonds is 5. The average Bonchev–Trinajstić information content (AvgIpc) is 3.17. The first-order chi connectivity index (χ1) is 16.7. The molecule has 3 aromatic rings. The number of carbonyl (C=O) groups is 1. The molecule has 7 rings (SSSR count). The highest BCUT2D eigenvalue weighted by molar-refractivity contribution is 5.94. The van der Waals surface area contributed by atoms with Gasteiger partial charge in [0.1, 0.15) is 5.60 Å². The number of fused-ring (bicyclic) bond motifs is 4. The van der Waals surface area contributed by atoms with Crippen LogP contribution in [0.4, 0.5) is 4.79 Å². The van der Waals surface area contributed by atoms with Crippen LogP contribution in [0.15, 0.2) is 54.6 Å². The molecule has 4 aliphatic rings. The van der Waals surface area contributed by atoms with Gasteiger partial charge in [-0.2, -0.15) is 0 Å². The van der Waals surface area contributed by atoms with E-state index in [1.165, 1.54) is 17.5 Å². The number of hydrogen-bond donors (Lipinski definition) is 0. The van der Waals surface area contributed by atoms with Crippen molar-refractivity contribution in [2.24, 2.45) is 11.8 Å². The molecule has 0 amide bonds. The van der Waals surface area contributed by atoms with Crippen molar-refractivity contribution in [3.8, 4) is 0 Å². The number of aromatic nitrogens is 1. The third-order valence-electron chi connectivity index (χ3n) is 8.38. The van der Waals surface area contributed by atoms with E-state index in [0.717, 1.165) is 48.9 Å². The molecule has 2 aromatic carbocycles. The normalized spacial score (nSPS) is 29.6. The first kappa shape index (κ1) is 21.9. The highest BCUT2D eigenvalue weighted by Gasteiger charge is 2.60. The number of carbonyl (C=O) groups excluding carboxylic acids is 1. The number of ether oxygens (including phenoxy) is 2. The quantitative estimate of drug-likeness (QED) is 0.489. The van der Waals surface area contributed by atoms with Gasteiger partial charge in [-0.05, 0) is 55.2 Å². The van der Waals surface area contributed by atoms with Crippen molar-refractivity contribution >= 4 is 17.0 Å². The van der Waals surface area contributed by atoms with E-state index in [1.54, 1.807) is 0 Å². The van der Waals surface area contributed by atoms with Crippen LogP contribution in [0.1, 0.15) is 49.9 Å². The highest BCUT2D eigenvalue weighted by Crippen LogP contribution is 2.56. The van der Waals surface area contributed by atoms with Gasteiger partial charge in [-0.1, -0.05) is 61.9 Å². The highest BCUT2D eigenvalue weighted by atomic mass is 16.5. The van der Waals surface area contributed by atoms with E-state index >= 15 is 0 Å². The van der Waals surface area contributed by atoms with Gasteiger partial charge in [-0.15, -0.1) is 0 Å². The molecule has 0 N–H and O–H groups in total. The van der Waals surface area contributed by atoms with Crippen LogP contribution in [0.3, 0.4) is 0 Å². The van der Waals surface area contributed by atoms with E-state index in [4.69, 9.17) is 9.47 Å². The molecule has 3 fully saturated rings. The molecule has 5 nitrogen and oxygen atoms in total. The maximum atomic E-state index is 13.5. The Morgan fingerprint density at radius 1 is 1.09 bits per heavy atom. The second-order valence-corrected chi connectivity index (χ2v) is 10.2. The second kappa shape index (κ2) is 8.54. The van der Waals surface area contributed by atoms with Gasteiger partial charge in [0, 0.05) is 24.5 Å². The summed E-state index contributed by atoms with van der Waals surface area (Å²) < 4.78 is 14.6. The molecule has 178 valence electrons. The molecule has 5 atom stereocenters. The van der Waals surface area contributed by atoms with Gasteiger partial charge in [-0.3, -0.25) is 4.90 Å². The standard InChI is InChI=1S/C29H34N2O3/c1-3-22-16-21-17-29(34-19-20-10-6-5-7-11-20)26(22)30(18-21)15-14-24-23-12-8-9-13-25(23)31(27(24)29)28(32)33-4-2/h5-13,21-22,26H,3-4,14-19H2,1-2H3/t21-,22+,26+,29+/m1/s1. The number of nitrogens with zero attached hydrogens (tertiary/aromatic N) is 2. The van der Waals surface area contributed by atoms with Gasteiger partial charge in [0.05, 0.1) is 24.4 Å². The molecule has 5 heteroatoms. The van der Waals surface area contributed by atoms with Crippen molar-refractivity contribution < 1.29 is 14.3 Å². The maximum absolute atomic E-state index is 13.5. The Bertz CT molecular complexity index is 1200. The summed E-state index contributed by atoms with van der Waals surface area (Å²) in [6.07, 6.45) is 3.98. The van der Waals surface area contributed by atoms with Gasteiger partial charge >= 0.3 is 6.09 Å². The lowest BCUT2D eigenvalue weighted by Crippen LogP contribution is -2.65. The SMILES string of the molecule is CCOC(=O)n1c2c(c3ccccc31)CC[N@@]1C[C@@H]3C[C@H](CC)[C@H]1[C@@]2(OCc1ccccc1)C3. The number of hydrogen-bond acceptors (Lipinski definition) is 4. The fourth-order valence-electron chi connectivity index (χ4n) is 7.24. The zero-order valence-electron chi connectivity index (χ0n) is 20.2. The fraction of sp³-hybridized carbons (Fsp3) is 0.483. The monoisotopic (exact) mass is 458 g/mol. The van der Waals surface area contributed by atoms with Crippen LogP contribution in [0.2, 0.25) is 0 Å². The van der Waals surface area contributed by atoms with Crippen LogP contribution >= 0.6 is 0 Å². The molecule has 1 aliphatic carbocycles. The van der Waals surface area contributed by atoms with Crippen molar-refractivity contribution in [1.29, 1.82) is 0 Å². The Labute approximate surface area is 201 Å². The predicted molar refractivity (Wildman–Crippen MR) is 133 cm³/mol. The van der Waals surface area contributed by atoms with Crippen LogP contribution in [0.25, 0.3) is 10.9 Å². The number of para-hydroxylation sites is 1. The Morgan fingerprint density at radius 2 is 1.88 bits per heavy atom. The van der Waals surface area contributed by atoms with Crippen molar-refractivity contribution in [3.05, 3.63) is 71.4 Å². The summed E-state index contributed by atoms with van der Waals surface area (Å²) in [5.74, 6) is 1.13. The topological polar surface area (TPSA) is 43.7 Å². The van der Waals surface area contributed by atoms with Gasteiger partial charge in [0.2, 0.25) is 0 Å². The minimum absolute atomic E-state index is 0.268. The predicted octanol–water partition coefficient (Wildman–Crippen LogP) is 5.73. The molecule has 0 spiro atoms. The van der Waals surface area contributed by atoms with Crippen molar-refractivity contribution in [2.75, 3.05) is 19.7 Å². The summed E-state index contributed by atoms with van der Waals surface area (Å²) in [6.45, 7) is 7.23. The fourth-order valence-corrected chi connectivity index (χ4v) is 7.24. The van der Waals surface area contributed by atoms with Crippen LogP contribution in [-0.4, -0.2) is 41.3 Å². The van der Waals surface area contributed by atoms with Crippen molar-refractivity contribution in [3.63, 3.8) is 0 Å². The molecular formula is C29H34N2O3. The van der Waals surface area contributed by atoms with Crippen LogP contribution in [0, 0.1) is 11.8 Å². The zero-order valence-corrected chi connectivity index (χ0v) is 20.2. The Morgan fingerprint density at radius 3 is 2.68 bits per heavy atom. The first-order valence-electron chi connectivity index (χ1n) is 12.9. The lowest BCUT2D eigenvalue weighted by molar-refractivity contribution is -0.200. The molecule has 1 saturated carbocycles. The average molecular weight is 459 g/mol. The molecule has 0 radical (unpaired) electrons. The summed E-state index contributed by atoms with van der Waals surface area (Å²) >= 11 is 0. The minimum Gasteiger partial charge on any atom is -0.449 e. The molecular weight excluding hydrogens is 424 g/mol. The number of benzene rings is 2. The third kappa shape index (κ3) is 3.24. The summed E-state index contributed by atoms with van der Waals surface area (Å²) in [6, 6.07) is 19.0. The third-order valence-corrected chi connectivity index (χ3v) is 8.38. The number of piperidine rings is 2. The first-order valence-corrected chi connectivity index (χ1v) is 12.9. The molecule has 1 aromatic heterocycles. The lowest BCUT2D eigenvalue weighted by atomic mass is 9.62. The van der Waals surface area contributed by atoms with E-state index in [0.29, 0.717) is 25.0 Å². The smallest absolute Gasteiger partial charge is 0.418 e. The summed E-state index contributed by atoms with van der Waals surface area (Å²) in [4.78, 5) is 16.2. The minimum atomic E-state index is -0.532. The molecule has 2 saturated heterocycles. The van der Waals surface area contributed by atoms with E-state index in [9.17, 15) is 4.79 Å². The Balaban J connectivity index is 1.59. The van der Waals surface area contributed by atoms with Crippen LogP contribution in [0.5, 0.6) is 0 Å². The van der Waals surface area contributed by atoms with Gasteiger partial charge in [0.15, 0.2) is 0 Å². The van der Waals surface area contributed by atoms with Crippen LogP contribution in [-0.2, 0) is 28.1 Å². The molecule has 3 aliphatic heterocycles. The largest absolute Gasteiger partial charge is 0.449 e. The maximum Gasteiger partial charge on any atom is 0.418 e. The summed E-state index contributed by atoms with van der Waals surface area (Å²) in [5.41, 5.74) is 3.90.